The van der Waals surface area contributed by atoms with Gasteiger partial charge in [0.25, 0.3) is 0 Å². The summed E-state index contributed by atoms with van der Waals surface area (Å²) in [6.45, 7) is 6.31. The van der Waals surface area contributed by atoms with Crippen LogP contribution in [0.5, 0.6) is 0 Å². The Morgan fingerprint density at radius 2 is 1.74 bits per heavy atom. The molecule has 2 fully saturated rings. The highest BCUT2D eigenvalue weighted by Gasteiger charge is 2.37. The lowest BCUT2D eigenvalue weighted by molar-refractivity contribution is -0.137. The van der Waals surface area contributed by atoms with Crippen LogP contribution in [0.4, 0.5) is 0 Å². The summed E-state index contributed by atoms with van der Waals surface area (Å²) in [5, 5.41) is 4.73. The maximum absolute atomic E-state index is 13.1. The number of likely N-dealkylation sites (tertiary alicyclic amines) is 1. The minimum atomic E-state index is -0.266. The largest absolute Gasteiger partial charge is 0.340 e. The van der Waals surface area contributed by atoms with E-state index in [1.54, 1.807) is 17.0 Å². The lowest BCUT2D eigenvalue weighted by atomic mass is 10.1. The number of hydrogen-bond donors (Lipinski definition) is 0. The molecule has 2 aromatic carbocycles. The van der Waals surface area contributed by atoms with Crippen molar-refractivity contribution in [2.24, 2.45) is 5.92 Å². The van der Waals surface area contributed by atoms with Crippen LogP contribution in [0, 0.1) is 12.8 Å². The van der Waals surface area contributed by atoms with E-state index < -0.39 is 0 Å². The van der Waals surface area contributed by atoms with Crippen LogP contribution in [0.2, 0.25) is 5.02 Å². The van der Waals surface area contributed by atoms with E-state index in [0.29, 0.717) is 55.9 Å². The van der Waals surface area contributed by atoms with E-state index in [1.165, 1.54) is 5.56 Å². The molecule has 2 amide bonds. The Bertz CT molecular complexity index is 1190. The van der Waals surface area contributed by atoms with E-state index in [-0.39, 0.29) is 17.7 Å². The molecule has 2 aliphatic heterocycles. The molecule has 0 N–H and O–H groups in total. The van der Waals surface area contributed by atoms with Crippen LogP contribution >= 0.6 is 11.6 Å². The summed E-state index contributed by atoms with van der Waals surface area (Å²) in [5.41, 5.74) is 3.13. The molecule has 35 heavy (non-hydrogen) atoms. The zero-order valence-corrected chi connectivity index (χ0v) is 20.4. The van der Waals surface area contributed by atoms with Gasteiger partial charge in [0, 0.05) is 56.3 Å². The van der Waals surface area contributed by atoms with Crippen molar-refractivity contribution >= 4 is 23.4 Å². The number of amides is 2. The zero-order chi connectivity index (χ0) is 24.4. The minimum absolute atomic E-state index is 0.0513. The number of nitrogens with zero attached hydrogens (tertiary/aromatic N) is 5. The lowest BCUT2D eigenvalue weighted by Crippen LogP contribution is -2.50. The number of aromatic nitrogens is 2. The Morgan fingerprint density at radius 1 is 1.03 bits per heavy atom. The summed E-state index contributed by atoms with van der Waals surface area (Å²) in [7, 11) is 0. The Kier molecular flexibility index (Phi) is 6.83. The van der Waals surface area contributed by atoms with Crippen LogP contribution < -0.4 is 0 Å². The average Bonchev–Trinajstić information content (AvgIpc) is 3.48. The van der Waals surface area contributed by atoms with Crippen molar-refractivity contribution in [2.45, 2.75) is 26.4 Å². The molecule has 3 heterocycles. The summed E-state index contributed by atoms with van der Waals surface area (Å²) in [4.78, 5) is 36.0. The van der Waals surface area contributed by atoms with Gasteiger partial charge in [0.2, 0.25) is 23.5 Å². The fourth-order valence-corrected chi connectivity index (χ4v) is 4.74. The average molecular weight is 494 g/mol. The molecule has 0 bridgehead atoms. The number of benzene rings is 2. The highest BCUT2D eigenvalue weighted by molar-refractivity contribution is 6.30. The van der Waals surface area contributed by atoms with Gasteiger partial charge in [-0.2, -0.15) is 4.98 Å². The standard InChI is InChI=1S/C26H28ClN5O3/c1-18-2-4-19(5-3-18)15-32-16-21(14-24(32)33)26(34)31-12-10-30(11-13-31)17-23-28-25(29-35-23)20-6-8-22(27)9-7-20/h2-9,21H,10-17H2,1H3. The fourth-order valence-electron chi connectivity index (χ4n) is 4.62. The molecule has 2 saturated heterocycles. The van der Waals surface area contributed by atoms with Gasteiger partial charge in [0.05, 0.1) is 12.5 Å². The van der Waals surface area contributed by atoms with Gasteiger partial charge in [0.1, 0.15) is 0 Å². The second-order valence-corrected chi connectivity index (χ2v) is 9.72. The highest BCUT2D eigenvalue weighted by atomic mass is 35.5. The van der Waals surface area contributed by atoms with E-state index in [4.69, 9.17) is 16.1 Å². The zero-order valence-electron chi connectivity index (χ0n) is 19.7. The van der Waals surface area contributed by atoms with Crippen LogP contribution in [-0.2, 0) is 22.7 Å². The van der Waals surface area contributed by atoms with Gasteiger partial charge in [-0.05, 0) is 36.8 Å². The second-order valence-electron chi connectivity index (χ2n) is 9.28. The Balaban J connectivity index is 1.11. The van der Waals surface area contributed by atoms with Gasteiger partial charge in [0.15, 0.2) is 0 Å². The van der Waals surface area contributed by atoms with Gasteiger partial charge in [-0.3, -0.25) is 14.5 Å². The Labute approximate surface area is 209 Å². The third-order valence-corrected chi connectivity index (χ3v) is 6.92. The van der Waals surface area contributed by atoms with Crippen LogP contribution in [0.1, 0.15) is 23.4 Å². The number of carbonyl (C=O) groups is 2. The first-order valence-corrected chi connectivity index (χ1v) is 12.3. The van der Waals surface area contributed by atoms with Crippen molar-refractivity contribution in [1.29, 1.82) is 0 Å². The van der Waals surface area contributed by atoms with Gasteiger partial charge < -0.3 is 14.3 Å². The summed E-state index contributed by atoms with van der Waals surface area (Å²) in [6.07, 6.45) is 0.292. The molecule has 3 aromatic rings. The third kappa shape index (κ3) is 5.55. The normalized spacial score (nSPS) is 18.9. The van der Waals surface area contributed by atoms with Crippen molar-refractivity contribution in [3.8, 4) is 11.4 Å². The van der Waals surface area contributed by atoms with Crippen molar-refractivity contribution in [3.05, 3.63) is 70.6 Å². The van der Waals surface area contributed by atoms with E-state index >= 15 is 0 Å². The van der Waals surface area contributed by atoms with E-state index in [0.717, 1.165) is 24.2 Å². The summed E-state index contributed by atoms with van der Waals surface area (Å²) in [6, 6.07) is 15.5. The molecule has 8 nitrogen and oxygen atoms in total. The van der Waals surface area contributed by atoms with Crippen LogP contribution in [0.15, 0.2) is 53.1 Å². The molecule has 5 rings (SSSR count). The van der Waals surface area contributed by atoms with Crippen LogP contribution in [0.25, 0.3) is 11.4 Å². The monoisotopic (exact) mass is 493 g/mol. The van der Waals surface area contributed by atoms with Crippen LogP contribution in [-0.4, -0.2) is 69.4 Å². The molecule has 1 unspecified atom stereocenters. The number of piperazine rings is 1. The first-order valence-electron chi connectivity index (χ1n) is 11.9. The lowest BCUT2D eigenvalue weighted by Gasteiger charge is -2.35. The minimum Gasteiger partial charge on any atom is -0.340 e. The molecule has 0 saturated carbocycles. The van der Waals surface area contributed by atoms with Gasteiger partial charge in [-0.1, -0.05) is 46.6 Å². The Hall–Kier alpha value is -3.23. The van der Waals surface area contributed by atoms with Gasteiger partial charge >= 0.3 is 0 Å². The molecule has 182 valence electrons. The summed E-state index contributed by atoms with van der Waals surface area (Å²) >= 11 is 5.94. The smallest absolute Gasteiger partial charge is 0.241 e. The number of aryl methyl sites for hydroxylation is 1. The Morgan fingerprint density at radius 3 is 2.46 bits per heavy atom. The molecule has 0 spiro atoms. The highest BCUT2D eigenvalue weighted by Crippen LogP contribution is 2.24. The predicted octanol–water partition coefficient (Wildman–Crippen LogP) is 3.39. The van der Waals surface area contributed by atoms with Crippen molar-refractivity contribution in [2.75, 3.05) is 32.7 Å². The van der Waals surface area contributed by atoms with Gasteiger partial charge in [-0.15, -0.1) is 0 Å². The molecule has 9 heteroatoms. The van der Waals surface area contributed by atoms with Crippen molar-refractivity contribution in [3.63, 3.8) is 0 Å². The number of carbonyl (C=O) groups excluding carboxylic acids is 2. The van der Waals surface area contributed by atoms with E-state index in [2.05, 4.69) is 15.0 Å². The molecule has 1 atom stereocenters. The fraction of sp³-hybridized carbons (Fsp3) is 0.385. The van der Waals surface area contributed by atoms with E-state index in [1.807, 2.05) is 48.2 Å². The first-order chi connectivity index (χ1) is 16.9. The first kappa shape index (κ1) is 23.5. The maximum Gasteiger partial charge on any atom is 0.241 e. The topological polar surface area (TPSA) is 82.8 Å². The third-order valence-electron chi connectivity index (χ3n) is 6.67. The molecule has 0 aliphatic carbocycles. The molecule has 1 aromatic heterocycles. The molecular formula is C26H28ClN5O3. The van der Waals surface area contributed by atoms with Gasteiger partial charge in [-0.25, -0.2) is 0 Å². The second kappa shape index (κ2) is 10.2. The summed E-state index contributed by atoms with van der Waals surface area (Å²) in [5.74, 6) is 0.939. The predicted molar refractivity (Wildman–Crippen MR) is 131 cm³/mol. The number of rotatable bonds is 6. The quantitative estimate of drug-likeness (QED) is 0.523. The van der Waals surface area contributed by atoms with E-state index in [9.17, 15) is 9.59 Å². The van der Waals surface area contributed by atoms with Crippen molar-refractivity contribution in [1.82, 2.24) is 24.8 Å². The molecule has 0 radical (unpaired) electrons. The summed E-state index contributed by atoms with van der Waals surface area (Å²) < 4.78 is 5.43. The number of halogens is 1. The number of hydrogen-bond acceptors (Lipinski definition) is 6. The molecular weight excluding hydrogens is 466 g/mol. The molecule has 2 aliphatic rings. The van der Waals surface area contributed by atoms with Crippen LogP contribution in [0.3, 0.4) is 0 Å². The van der Waals surface area contributed by atoms with Crippen molar-refractivity contribution < 1.29 is 14.1 Å². The SMILES string of the molecule is Cc1ccc(CN2CC(C(=O)N3CCN(Cc4nc(-c5ccc(Cl)cc5)no4)CC3)CC2=O)cc1. The maximum atomic E-state index is 13.1.